The molecule has 0 saturated heterocycles. The van der Waals surface area contributed by atoms with Crippen molar-refractivity contribution in [3.05, 3.63) is 485 Å². The summed E-state index contributed by atoms with van der Waals surface area (Å²) in [6.45, 7) is 0. The van der Waals surface area contributed by atoms with E-state index in [2.05, 4.69) is 393 Å². The predicted octanol–water partition coefficient (Wildman–Crippen LogP) is 32.1. The molecule has 0 saturated carbocycles. The van der Waals surface area contributed by atoms with Crippen molar-refractivity contribution in [1.29, 1.82) is 0 Å². The number of benzene rings is 20. The minimum Gasteiger partial charge on any atom is -0.333 e. The highest BCUT2D eigenvalue weighted by Crippen LogP contribution is 2.51. The smallest absolute Gasteiger partial charge is 0.237 e. The van der Waals surface area contributed by atoms with Gasteiger partial charge in [0, 0.05) is 122 Å². The maximum Gasteiger partial charge on any atom is 0.237 e. The Kier molecular flexibility index (Phi) is 17.1. The van der Waals surface area contributed by atoms with Gasteiger partial charge in [0.15, 0.2) is 5.65 Å². The zero-order chi connectivity index (χ0) is 97.5. The molecule has 0 N–H and O–H groups in total. The van der Waals surface area contributed by atoms with Crippen molar-refractivity contribution in [3.63, 3.8) is 0 Å². The van der Waals surface area contributed by atoms with Crippen LogP contribution in [0.4, 0.5) is 11.4 Å². The summed E-state index contributed by atoms with van der Waals surface area (Å²) in [5.74, 6) is 2.10. The maximum absolute atomic E-state index is 9.02. The highest BCUT2D eigenvalue weighted by Gasteiger charge is 2.38. The van der Waals surface area contributed by atoms with Crippen molar-refractivity contribution in [1.82, 2.24) is 57.7 Å². The maximum atomic E-state index is 9.02. The van der Waals surface area contributed by atoms with Gasteiger partial charge in [0.2, 0.25) is 17.8 Å². The van der Waals surface area contributed by atoms with E-state index in [-0.39, 0.29) is 35.9 Å². The zero-order valence-corrected chi connectivity index (χ0v) is 76.2. The van der Waals surface area contributed by atoms with E-state index in [1.807, 2.05) is 83.6 Å². The Labute approximate surface area is 820 Å². The molecule has 2 atom stereocenters. The van der Waals surface area contributed by atoms with Gasteiger partial charge in [0.25, 0.3) is 0 Å². The van der Waals surface area contributed by atoms with Gasteiger partial charge in [-0.3, -0.25) is 13.7 Å². The van der Waals surface area contributed by atoms with E-state index in [9.17, 15) is 0 Å². The summed E-state index contributed by atoms with van der Waals surface area (Å²) in [6.07, 6.45) is 10.8. The molecule has 0 fully saturated rings. The second-order valence-corrected chi connectivity index (χ2v) is 36.6. The minimum atomic E-state index is -0.427. The largest absolute Gasteiger partial charge is 0.333 e. The fourth-order valence-corrected chi connectivity index (χ4v) is 22.6. The number of hydrogen-bond acceptors (Lipinski definition) is 8. The summed E-state index contributed by atoms with van der Waals surface area (Å²) < 4.78 is 54.3. The number of nitrogens with zero attached hydrogens (tertiary/aromatic N) is 13. The fourth-order valence-electron chi connectivity index (χ4n) is 22.6. The van der Waals surface area contributed by atoms with Crippen molar-refractivity contribution in [3.8, 4) is 63.0 Å². The van der Waals surface area contributed by atoms with E-state index in [0.29, 0.717) is 34.9 Å². The van der Waals surface area contributed by atoms with Gasteiger partial charge in [-0.25, -0.2) is 29.9 Å². The number of allylic oxidation sites excluding steroid dienone is 2. The summed E-state index contributed by atoms with van der Waals surface area (Å²) in [6, 6.07) is 145. The van der Waals surface area contributed by atoms with Crippen molar-refractivity contribution in [2.24, 2.45) is 0 Å². The number of fused-ring (bicyclic) bond motifs is 26. The van der Waals surface area contributed by atoms with E-state index >= 15 is 0 Å². The number of rotatable bonds is 9. The van der Waals surface area contributed by atoms with Crippen molar-refractivity contribution in [2.75, 3.05) is 4.90 Å². The van der Waals surface area contributed by atoms with Crippen LogP contribution in [0.5, 0.6) is 0 Å². The molecule has 1 aliphatic heterocycles. The van der Waals surface area contributed by atoms with Crippen molar-refractivity contribution >= 4 is 196 Å². The van der Waals surface area contributed by atoms with Gasteiger partial charge in [-0.1, -0.05) is 334 Å². The molecule has 9 aromatic heterocycles. The standard InChI is InChI=1S/C46H28N4.C42H26N4.C41H27N5/c1-2-15-33(16-3-1)49-41-25-23-29-12-6-7-17-34(29)44(41)37-24-22-32(28-42(37)49)45-36-19-8-10-20-39(36)47-46(48-45)50-40-21-11-9-18-35(40)38-26-30-13-4-5-14-31(30)27-43(38)50;1-2-15-29(16-3-1)45-37-23-10-7-17-30(37)32-20-12-21-34(41(32)45)40-33-19-6-9-22-36(33)43-42(44-40)46-38-24-11-8-18-31(38)35-25-27-13-4-5-14-28(27)26-39(35)46;1-2-13-29(14-3-1)45-35-18-8-6-15-30(35)32-21-20-28(25-37(32)45)39-33-17-10-22-42-40(33)44-41(43-39)46-36-19-9-7-16-31(36)34-23-26-11-4-5-12-27(26)24-38(34)46/h1-28H;1-26H;1-25,30,35H/i1D,2D,3D,15D,16D;;. The second kappa shape index (κ2) is 32.3. The number of para-hydroxylation sites is 10. The van der Waals surface area contributed by atoms with Crippen LogP contribution in [0.1, 0.15) is 18.3 Å². The summed E-state index contributed by atoms with van der Waals surface area (Å²) in [7, 11) is 0. The zero-order valence-electron chi connectivity index (χ0n) is 81.2. The Hall–Kier alpha value is -19.1. The molecule has 10 heterocycles. The average Bonchev–Trinajstić information content (AvgIpc) is 1.53. The highest BCUT2D eigenvalue weighted by molar-refractivity contribution is 6.23. The van der Waals surface area contributed by atoms with Gasteiger partial charge in [0.05, 0.1) is 96.2 Å². The van der Waals surface area contributed by atoms with Gasteiger partial charge in [-0.15, -0.1) is 0 Å². The average molecular weight is 1820 g/mol. The number of aromatic nitrogens is 12. The van der Waals surface area contributed by atoms with Crippen LogP contribution in [0.25, 0.3) is 248 Å². The lowest BCUT2D eigenvalue weighted by molar-refractivity contribution is 0.745. The van der Waals surface area contributed by atoms with Crippen LogP contribution in [0.3, 0.4) is 0 Å². The van der Waals surface area contributed by atoms with Gasteiger partial charge < -0.3 is 14.0 Å². The first-order valence-corrected chi connectivity index (χ1v) is 47.9. The van der Waals surface area contributed by atoms with Gasteiger partial charge in [0.1, 0.15) is 0 Å². The molecule has 20 aromatic carbocycles. The van der Waals surface area contributed by atoms with E-state index in [0.717, 1.165) is 154 Å². The van der Waals surface area contributed by atoms with Crippen LogP contribution in [0.2, 0.25) is 0 Å². The topological polar surface area (TPSA) is 118 Å². The lowest BCUT2D eigenvalue weighted by Crippen LogP contribution is -2.28. The summed E-state index contributed by atoms with van der Waals surface area (Å²) >= 11 is 0. The first-order valence-electron chi connectivity index (χ1n) is 50.4. The van der Waals surface area contributed by atoms with Crippen LogP contribution >= 0.6 is 0 Å². The Morgan fingerprint density at radius 3 is 1.27 bits per heavy atom. The van der Waals surface area contributed by atoms with E-state index in [4.69, 9.17) is 41.7 Å². The molecule has 0 bridgehead atoms. The third-order valence-corrected chi connectivity index (χ3v) is 28.8. The summed E-state index contributed by atoms with van der Waals surface area (Å²) in [5.41, 5.74) is 22.8. The van der Waals surface area contributed by atoms with Gasteiger partial charge in [-0.05, 0) is 188 Å². The summed E-state index contributed by atoms with van der Waals surface area (Å²) in [5, 5.41) is 23.2. The SMILES string of the molecule is C1=CC2c3ccc(-c4nc(-n5c6ccccc6c6cc7ccccc7cc65)nc5ncccc45)cc3N(c3ccccc3)C2C=C1.[2H]c1c([2H])c([2H])c(-n2c3cc(-c4nc(-n5c6ccccc6c6cc7ccccc7cc65)nc5ccccc45)ccc3c3c4ccccc4ccc32)c([2H])c1[2H].c1ccc(-n2c3ccccc3c3cccc(-c4nc(-n5c6ccccc6c6cc7ccccc7cc65)nc5ccccc45)c32)cc1. The van der Waals surface area contributed by atoms with Gasteiger partial charge in [-0.2, -0.15) is 4.98 Å². The molecule has 142 heavy (non-hydrogen) atoms. The molecular formula is C129H81N13. The molecule has 31 rings (SSSR count). The minimum absolute atomic E-state index is 0.101. The normalized spacial score (nSPS) is 14.1. The molecule has 0 spiro atoms. The Bertz CT molecular complexity index is 10700. The summed E-state index contributed by atoms with van der Waals surface area (Å²) in [4.78, 5) is 38.9. The first-order chi connectivity index (χ1) is 72.5. The first kappa shape index (κ1) is 75.1. The molecule has 662 valence electrons. The van der Waals surface area contributed by atoms with Crippen molar-refractivity contribution in [2.45, 2.75) is 12.0 Å². The number of pyridine rings is 1. The van der Waals surface area contributed by atoms with Crippen LogP contribution in [-0.4, -0.2) is 63.8 Å². The van der Waals surface area contributed by atoms with E-state index in [1.165, 1.54) is 76.3 Å². The molecule has 2 unspecified atom stereocenters. The molecule has 0 amide bonds. The lowest BCUT2D eigenvalue weighted by atomic mass is 9.91. The Balaban J connectivity index is 0.000000105. The monoisotopic (exact) mass is 1820 g/mol. The molecule has 0 radical (unpaired) electrons. The Morgan fingerprint density at radius 2 is 0.683 bits per heavy atom. The molecular weight excluding hydrogens is 1730 g/mol. The molecule has 2 aliphatic rings. The number of hydrogen-bond donors (Lipinski definition) is 0. The van der Waals surface area contributed by atoms with Crippen LogP contribution < -0.4 is 4.90 Å². The molecule has 1 aliphatic carbocycles. The van der Waals surface area contributed by atoms with Crippen LogP contribution in [0, 0.1) is 0 Å². The van der Waals surface area contributed by atoms with Gasteiger partial charge >= 0.3 is 0 Å². The molecule has 29 aromatic rings. The Morgan fingerprint density at radius 1 is 0.246 bits per heavy atom. The third-order valence-electron chi connectivity index (χ3n) is 28.8. The number of anilines is 2. The van der Waals surface area contributed by atoms with E-state index < -0.39 is 6.04 Å². The quantitative estimate of drug-likeness (QED) is 0.140. The lowest BCUT2D eigenvalue weighted by Gasteiger charge is -2.28. The molecule has 13 nitrogen and oxygen atoms in total. The molecule has 13 heteroatoms. The van der Waals surface area contributed by atoms with Crippen LogP contribution in [0.15, 0.2) is 479 Å². The third kappa shape index (κ3) is 12.7. The fraction of sp³-hybridized carbons (Fsp3) is 0.0155. The highest BCUT2D eigenvalue weighted by atomic mass is 15.2. The van der Waals surface area contributed by atoms with E-state index in [1.54, 1.807) is 0 Å². The second-order valence-electron chi connectivity index (χ2n) is 36.6. The van der Waals surface area contributed by atoms with Crippen LogP contribution in [-0.2, 0) is 0 Å². The van der Waals surface area contributed by atoms with Crippen molar-refractivity contribution < 1.29 is 6.85 Å². The predicted molar refractivity (Wildman–Crippen MR) is 588 cm³/mol.